The number of hydrazone groups is 1. The maximum Gasteiger partial charge on any atom is 0.338 e. The summed E-state index contributed by atoms with van der Waals surface area (Å²) in [6.45, 7) is -0.400. The number of esters is 1. The fourth-order valence-electron chi connectivity index (χ4n) is 5.11. The number of rotatable bonds is 7. The molecule has 0 N–H and O–H groups in total. The lowest BCUT2D eigenvalue weighted by Crippen LogP contribution is -2.34. The van der Waals surface area contributed by atoms with Crippen LogP contribution in [0.3, 0.4) is 0 Å². The summed E-state index contributed by atoms with van der Waals surface area (Å²) in [6.07, 6.45) is 4.89. The van der Waals surface area contributed by atoms with Crippen LogP contribution in [0.1, 0.15) is 46.8 Å². The summed E-state index contributed by atoms with van der Waals surface area (Å²) < 4.78 is 16.9. The SMILES string of the molecule is COc1ccc(C=C2CCCC3C2=NN(C(=O)COC(=O)c2ccc(Br)cc2)C3c2ccc(OC)cc2)cc1. The van der Waals surface area contributed by atoms with Crippen LogP contribution in [0.25, 0.3) is 6.08 Å². The van der Waals surface area contributed by atoms with Gasteiger partial charge in [-0.25, -0.2) is 9.80 Å². The van der Waals surface area contributed by atoms with Crippen LogP contribution in [0.15, 0.2) is 87.9 Å². The van der Waals surface area contributed by atoms with Crippen molar-refractivity contribution in [3.8, 4) is 11.5 Å². The predicted octanol–water partition coefficient (Wildman–Crippen LogP) is 6.45. The van der Waals surface area contributed by atoms with Gasteiger partial charge in [-0.15, -0.1) is 0 Å². The minimum Gasteiger partial charge on any atom is -0.497 e. The van der Waals surface area contributed by atoms with Gasteiger partial charge in [0.25, 0.3) is 5.91 Å². The molecule has 7 nitrogen and oxygen atoms in total. The van der Waals surface area contributed by atoms with Gasteiger partial charge in [0, 0.05) is 10.4 Å². The molecule has 39 heavy (non-hydrogen) atoms. The van der Waals surface area contributed by atoms with E-state index >= 15 is 0 Å². The predicted molar refractivity (Wildman–Crippen MR) is 153 cm³/mol. The Balaban J connectivity index is 1.43. The molecule has 5 rings (SSSR count). The molecular weight excluding hydrogens is 560 g/mol. The van der Waals surface area contributed by atoms with Gasteiger partial charge in [-0.2, -0.15) is 5.10 Å². The first-order valence-corrected chi connectivity index (χ1v) is 13.6. The summed E-state index contributed by atoms with van der Waals surface area (Å²) >= 11 is 3.36. The normalized spacial score (nSPS) is 19.3. The van der Waals surface area contributed by atoms with Gasteiger partial charge in [0.05, 0.1) is 31.5 Å². The Kier molecular flexibility index (Phi) is 8.12. The Bertz CT molecular complexity index is 1400. The second-order valence-electron chi connectivity index (χ2n) is 9.47. The quantitative estimate of drug-likeness (QED) is 0.296. The van der Waals surface area contributed by atoms with Crippen LogP contribution in [0.5, 0.6) is 11.5 Å². The summed E-state index contributed by atoms with van der Waals surface area (Å²) in [5.41, 5.74) is 4.40. The number of nitrogens with zero attached hydrogens (tertiary/aromatic N) is 2. The van der Waals surface area contributed by atoms with Crippen LogP contribution in [0.4, 0.5) is 0 Å². The van der Waals surface area contributed by atoms with Gasteiger partial charge in [-0.1, -0.05) is 40.2 Å². The number of carbonyl (C=O) groups is 2. The summed E-state index contributed by atoms with van der Waals surface area (Å²) in [7, 11) is 3.27. The van der Waals surface area contributed by atoms with Gasteiger partial charge >= 0.3 is 5.97 Å². The van der Waals surface area contributed by atoms with Gasteiger partial charge in [-0.05, 0) is 90.6 Å². The van der Waals surface area contributed by atoms with Gasteiger partial charge in [0.15, 0.2) is 6.61 Å². The van der Waals surface area contributed by atoms with Crippen molar-refractivity contribution >= 4 is 39.6 Å². The lowest BCUT2D eigenvalue weighted by molar-refractivity contribution is -0.137. The van der Waals surface area contributed by atoms with Crippen LogP contribution in [0, 0.1) is 5.92 Å². The molecule has 1 heterocycles. The molecule has 3 aromatic rings. The van der Waals surface area contributed by atoms with Crippen molar-refractivity contribution in [1.29, 1.82) is 0 Å². The number of methoxy groups -OCH3 is 2. The zero-order valence-corrected chi connectivity index (χ0v) is 23.4. The highest BCUT2D eigenvalue weighted by molar-refractivity contribution is 9.10. The molecule has 200 valence electrons. The van der Waals surface area contributed by atoms with Crippen molar-refractivity contribution in [1.82, 2.24) is 5.01 Å². The molecule has 2 aliphatic rings. The Labute approximate surface area is 236 Å². The van der Waals surface area contributed by atoms with E-state index in [1.165, 1.54) is 5.01 Å². The average molecular weight is 589 g/mol. The number of hydrogen-bond donors (Lipinski definition) is 0. The maximum atomic E-state index is 13.5. The second kappa shape index (κ2) is 11.9. The summed E-state index contributed by atoms with van der Waals surface area (Å²) in [5, 5.41) is 6.37. The standard InChI is InChI=1S/C31H29BrN2O5/c1-37-25-14-6-20(7-15-25)18-23-4-3-5-27-29(23)33-34(30(27)21-10-16-26(38-2)17-11-21)28(35)19-39-31(36)22-8-12-24(32)13-9-22/h6-18,27,30H,3-5,19H2,1-2H3. The van der Waals surface area contributed by atoms with E-state index in [1.807, 2.05) is 48.5 Å². The molecule has 0 spiro atoms. The maximum absolute atomic E-state index is 13.5. The number of benzene rings is 3. The fourth-order valence-corrected chi connectivity index (χ4v) is 5.37. The van der Waals surface area contributed by atoms with Crippen molar-refractivity contribution in [3.05, 3.63) is 99.5 Å². The number of allylic oxidation sites excluding steroid dienone is 1. The van der Waals surface area contributed by atoms with Gasteiger partial charge in [0.1, 0.15) is 11.5 Å². The number of halogens is 1. The van der Waals surface area contributed by atoms with E-state index in [2.05, 4.69) is 22.0 Å². The Morgan fingerprint density at radius 1 is 0.949 bits per heavy atom. The molecule has 1 fully saturated rings. The average Bonchev–Trinajstić information content (AvgIpc) is 3.37. The van der Waals surface area contributed by atoms with E-state index < -0.39 is 12.6 Å². The molecule has 2 atom stereocenters. The molecule has 1 aliphatic heterocycles. The van der Waals surface area contributed by atoms with Crippen LogP contribution < -0.4 is 9.47 Å². The highest BCUT2D eigenvalue weighted by Crippen LogP contribution is 2.44. The Morgan fingerprint density at radius 3 is 2.23 bits per heavy atom. The summed E-state index contributed by atoms with van der Waals surface area (Å²) in [6, 6.07) is 22.1. The number of carbonyl (C=O) groups excluding carboxylic acids is 2. The van der Waals surface area contributed by atoms with Gasteiger partial charge in [0.2, 0.25) is 0 Å². The van der Waals surface area contributed by atoms with Crippen LogP contribution >= 0.6 is 15.9 Å². The third-order valence-electron chi connectivity index (χ3n) is 7.08. The van der Waals surface area contributed by atoms with Crippen molar-refractivity contribution in [3.63, 3.8) is 0 Å². The lowest BCUT2D eigenvalue weighted by atomic mass is 9.77. The molecular formula is C31H29BrN2O5. The smallest absolute Gasteiger partial charge is 0.338 e. The molecule has 8 heteroatoms. The number of fused-ring (bicyclic) bond motifs is 1. The number of hydrogen-bond acceptors (Lipinski definition) is 6. The molecule has 1 amide bonds. The Morgan fingerprint density at radius 2 is 1.59 bits per heavy atom. The molecule has 2 unspecified atom stereocenters. The van der Waals surface area contributed by atoms with E-state index in [-0.39, 0.29) is 17.9 Å². The van der Waals surface area contributed by atoms with E-state index in [1.54, 1.807) is 38.5 Å². The minimum atomic E-state index is -0.554. The van der Waals surface area contributed by atoms with E-state index in [4.69, 9.17) is 19.3 Å². The Hall–Kier alpha value is -3.91. The van der Waals surface area contributed by atoms with Crippen LogP contribution in [-0.4, -0.2) is 43.4 Å². The van der Waals surface area contributed by atoms with Gasteiger partial charge < -0.3 is 14.2 Å². The monoisotopic (exact) mass is 588 g/mol. The van der Waals surface area contributed by atoms with E-state index in [9.17, 15) is 9.59 Å². The molecule has 0 radical (unpaired) electrons. The summed E-state index contributed by atoms with van der Waals surface area (Å²) in [4.78, 5) is 26.1. The van der Waals surface area contributed by atoms with E-state index in [0.29, 0.717) is 5.56 Å². The third-order valence-corrected chi connectivity index (χ3v) is 7.61. The fraction of sp³-hybridized carbons (Fsp3) is 0.258. The number of amides is 1. The largest absolute Gasteiger partial charge is 0.497 e. The van der Waals surface area contributed by atoms with Gasteiger partial charge in [-0.3, -0.25) is 4.79 Å². The zero-order valence-electron chi connectivity index (χ0n) is 21.8. The lowest BCUT2D eigenvalue weighted by Gasteiger charge is -2.29. The van der Waals surface area contributed by atoms with Crippen LogP contribution in [0.2, 0.25) is 0 Å². The van der Waals surface area contributed by atoms with E-state index in [0.717, 1.165) is 57.6 Å². The van der Waals surface area contributed by atoms with Crippen molar-refractivity contribution in [2.45, 2.75) is 25.3 Å². The first-order valence-electron chi connectivity index (χ1n) is 12.8. The molecule has 0 aromatic heterocycles. The van der Waals surface area contributed by atoms with Crippen molar-refractivity contribution in [2.75, 3.05) is 20.8 Å². The number of ether oxygens (including phenoxy) is 3. The first kappa shape index (κ1) is 26.7. The molecule has 3 aromatic carbocycles. The molecule has 1 saturated carbocycles. The topological polar surface area (TPSA) is 77.4 Å². The second-order valence-corrected chi connectivity index (χ2v) is 10.4. The molecule has 0 bridgehead atoms. The highest BCUT2D eigenvalue weighted by Gasteiger charge is 2.43. The molecule has 0 saturated heterocycles. The van der Waals surface area contributed by atoms with Crippen LogP contribution in [-0.2, 0) is 9.53 Å². The summed E-state index contributed by atoms with van der Waals surface area (Å²) in [5.74, 6) is 0.643. The first-order chi connectivity index (χ1) is 19.0. The van der Waals surface area contributed by atoms with Crippen molar-refractivity contribution in [2.24, 2.45) is 11.0 Å². The highest BCUT2D eigenvalue weighted by atomic mass is 79.9. The third kappa shape index (κ3) is 5.91. The zero-order chi connectivity index (χ0) is 27.4. The minimum absolute atomic E-state index is 0.0303. The van der Waals surface area contributed by atoms with Crippen molar-refractivity contribution < 1.29 is 23.8 Å². The molecule has 1 aliphatic carbocycles.